The Hall–Kier alpha value is -3.18. The SMILES string of the molecule is CCCCCCCCCCCCCCCC(=O)N[C@@H](CCC(=O)O)C(=O)N(CCCC)CCCC.CCCCCCCCCCCCCCCC(=O)N[C@@H](CCC(=O)O)C(=O)O. The molecule has 5 N–H and O–H groups in total. The van der Waals surface area contributed by atoms with E-state index < -0.39 is 30.0 Å². The van der Waals surface area contributed by atoms with E-state index in [9.17, 15) is 28.8 Å². The molecule has 364 valence electrons. The number of carboxylic acids is 3. The van der Waals surface area contributed by atoms with Crippen LogP contribution < -0.4 is 10.6 Å². The van der Waals surface area contributed by atoms with E-state index in [2.05, 4.69) is 38.3 Å². The summed E-state index contributed by atoms with van der Waals surface area (Å²) < 4.78 is 0. The lowest BCUT2D eigenvalue weighted by molar-refractivity contribution is -0.143. The van der Waals surface area contributed by atoms with Gasteiger partial charge in [0.1, 0.15) is 12.1 Å². The van der Waals surface area contributed by atoms with Crippen LogP contribution in [-0.2, 0) is 28.8 Å². The van der Waals surface area contributed by atoms with Gasteiger partial charge in [0.15, 0.2) is 0 Å². The van der Waals surface area contributed by atoms with Crippen LogP contribution in [0.1, 0.15) is 259 Å². The molecule has 0 rings (SSSR count). The van der Waals surface area contributed by atoms with Crippen LogP contribution in [0.3, 0.4) is 0 Å². The van der Waals surface area contributed by atoms with Crippen molar-refractivity contribution >= 4 is 35.6 Å². The van der Waals surface area contributed by atoms with E-state index in [0.717, 1.165) is 64.2 Å². The summed E-state index contributed by atoms with van der Waals surface area (Å²) in [5.41, 5.74) is 0. The summed E-state index contributed by atoms with van der Waals surface area (Å²) in [6.07, 6.45) is 36.5. The number of hydrogen-bond acceptors (Lipinski definition) is 6. The Morgan fingerprint density at radius 2 is 0.645 bits per heavy atom. The van der Waals surface area contributed by atoms with E-state index in [4.69, 9.17) is 15.3 Å². The quantitative estimate of drug-likeness (QED) is 0.0371. The Balaban J connectivity index is 0. The van der Waals surface area contributed by atoms with Gasteiger partial charge in [0.2, 0.25) is 17.7 Å². The molecule has 0 aromatic carbocycles. The van der Waals surface area contributed by atoms with Crippen molar-refractivity contribution in [3.63, 3.8) is 0 Å². The standard InChI is InChI=1S/C29H56N2O4.C21H39NO5/c1-4-7-10-11-12-13-14-15-16-17-18-19-20-21-27(32)30-26(22-23-28(33)34)29(35)31(24-8-5-2)25-9-6-3;1-2-3-4-5-6-7-8-9-10-11-12-13-14-15-19(23)22-18(21(26)27)16-17-20(24)25/h26H,4-25H2,1-3H3,(H,30,32)(H,33,34);18H,2-17H2,1H3,(H,22,23)(H,24,25)(H,26,27)/t26-;18-/m00/s1. The first-order chi connectivity index (χ1) is 29.9. The van der Waals surface area contributed by atoms with E-state index in [0.29, 0.717) is 25.9 Å². The smallest absolute Gasteiger partial charge is 0.326 e. The molecule has 12 nitrogen and oxygen atoms in total. The largest absolute Gasteiger partial charge is 0.481 e. The second-order valence-corrected chi connectivity index (χ2v) is 17.5. The highest BCUT2D eigenvalue weighted by Gasteiger charge is 2.26. The fourth-order valence-electron chi connectivity index (χ4n) is 7.44. The maximum Gasteiger partial charge on any atom is 0.326 e. The lowest BCUT2D eigenvalue weighted by Gasteiger charge is -2.28. The molecule has 0 saturated heterocycles. The molecule has 0 aliphatic heterocycles. The average Bonchev–Trinajstić information content (AvgIpc) is 3.24. The van der Waals surface area contributed by atoms with E-state index in [1.165, 1.54) is 128 Å². The number of nitrogens with zero attached hydrogens (tertiary/aromatic N) is 1. The Morgan fingerprint density at radius 1 is 0.371 bits per heavy atom. The molecule has 0 spiro atoms. The number of amides is 3. The van der Waals surface area contributed by atoms with Gasteiger partial charge in [0.05, 0.1) is 0 Å². The number of carboxylic acid groups (broad SMARTS) is 3. The van der Waals surface area contributed by atoms with Gasteiger partial charge in [-0.05, 0) is 38.5 Å². The van der Waals surface area contributed by atoms with Gasteiger partial charge in [-0.2, -0.15) is 0 Å². The summed E-state index contributed by atoms with van der Waals surface area (Å²) in [4.78, 5) is 71.9. The highest BCUT2D eigenvalue weighted by molar-refractivity contribution is 5.88. The van der Waals surface area contributed by atoms with Crippen LogP contribution in [0.5, 0.6) is 0 Å². The Bertz CT molecular complexity index is 1110. The Labute approximate surface area is 378 Å². The second kappa shape index (κ2) is 45.8. The molecule has 0 unspecified atom stereocenters. The van der Waals surface area contributed by atoms with Crippen LogP contribution in [0.4, 0.5) is 0 Å². The lowest BCUT2D eigenvalue weighted by Crippen LogP contribution is -2.49. The molecule has 0 aliphatic carbocycles. The number of rotatable bonds is 44. The van der Waals surface area contributed by atoms with Gasteiger partial charge in [-0.3, -0.25) is 24.0 Å². The highest BCUT2D eigenvalue weighted by Crippen LogP contribution is 2.15. The molecule has 0 bridgehead atoms. The minimum absolute atomic E-state index is 0.0883. The van der Waals surface area contributed by atoms with Crippen molar-refractivity contribution in [1.82, 2.24) is 15.5 Å². The van der Waals surface area contributed by atoms with Gasteiger partial charge in [0.25, 0.3) is 0 Å². The molecule has 12 heteroatoms. The van der Waals surface area contributed by atoms with Crippen molar-refractivity contribution < 1.29 is 44.1 Å². The molecule has 0 aromatic rings. The molecule has 0 aromatic heterocycles. The fraction of sp³-hybridized carbons (Fsp3) is 0.880. The maximum absolute atomic E-state index is 13.1. The summed E-state index contributed by atoms with van der Waals surface area (Å²) in [5.74, 6) is -3.77. The Kier molecular flexibility index (Phi) is 45.0. The van der Waals surface area contributed by atoms with Crippen LogP contribution in [0.2, 0.25) is 0 Å². The van der Waals surface area contributed by atoms with Crippen molar-refractivity contribution in [3.8, 4) is 0 Å². The predicted molar refractivity (Wildman–Crippen MR) is 252 cm³/mol. The van der Waals surface area contributed by atoms with Crippen LogP contribution in [0.25, 0.3) is 0 Å². The van der Waals surface area contributed by atoms with Gasteiger partial charge in [0, 0.05) is 38.8 Å². The highest BCUT2D eigenvalue weighted by atomic mass is 16.4. The molecule has 0 aliphatic rings. The number of carbonyl (C=O) groups excluding carboxylic acids is 3. The van der Waals surface area contributed by atoms with Crippen LogP contribution in [0, 0.1) is 0 Å². The van der Waals surface area contributed by atoms with E-state index in [1.54, 1.807) is 0 Å². The van der Waals surface area contributed by atoms with Crippen LogP contribution in [-0.4, -0.2) is 81.0 Å². The molecule has 0 fully saturated rings. The monoisotopic (exact) mass is 882 g/mol. The predicted octanol–water partition coefficient (Wildman–Crippen LogP) is 12.1. The molecule has 3 amide bonds. The summed E-state index contributed by atoms with van der Waals surface area (Å²) in [6, 6.07) is -1.86. The number of unbranched alkanes of at least 4 members (excludes halogenated alkanes) is 26. The topological polar surface area (TPSA) is 190 Å². The minimum atomic E-state index is -1.19. The average molecular weight is 882 g/mol. The van der Waals surface area contributed by atoms with Crippen LogP contribution >= 0.6 is 0 Å². The summed E-state index contributed by atoms with van der Waals surface area (Å²) in [7, 11) is 0. The van der Waals surface area contributed by atoms with Gasteiger partial charge < -0.3 is 30.9 Å². The van der Waals surface area contributed by atoms with Crippen molar-refractivity contribution in [3.05, 3.63) is 0 Å². The molecular weight excluding hydrogens is 787 g/mol. The number of nitrogens with one attached hydrogen (secondary N) is 2. The number of carbonyl (C=O) groups is 6. The van der Waals surface area contributed by atoms with Crippen molar-refractivity contribution in [2.45, 2.75) is 271 Å². The second-order valence-electron chi connectivity index (χ2n) is 17.5. The molecule has 0 heterocycles. The van der Waals surface area contributed by atoms with Crippen LogP contribution in [0.15, 0.2) is 0 Å². The summed E-state index contributed by atoms with van der Waals surface area (Å²) >= 11 is 0. The Morgan fingerprint density at radius 3 is 0.935 bits per heavy atom. The fourth-order valence-corrected chi connectivity index (χ4v) is 7.44. The minimum Gasteiger partial charge on any atom is -0.481 e. The van der Waals surface area contributed by atoms with Crippen molar-refractivity contribution in [2.24, 2.45) is 0 Å². The van der Waals surface area contributed by atoms with E-state index in [1.807, 2.05) is 4.90 Å². The molecule has 62 heavy (non-hydrogen) atoms. The van der Waals surface area contributed by atoms with Gasteiger partial charge >= 0.3 is 17.9 Å². The van der Waals surface area contributed by atoms with Crippen molar-refractivity contribution in [2.75, 3.05) is 13.1 Å². The van der Waals surface area contributed by atoms with Gasteiger partial charge in [-0.1, -0.05) is 195 Å². The number of aliphatic carboxylic acids is 3. The molecule has 2 atom stereocenters. The normalized spacial score (nSPS) is 11.9. The van der Waals surface area contributed by atoms with E-state index >= 15 is 0 Å². The number of hydrogen-bond donors (Lipinski definition) is 5. The third-order valence-corrected chi connectivity index (χ3v) is 11.5. The van der Waals surface area contributed by atoms with E-state index in [-0.39, 0.29) is 43.4 Å². The zero-order chi connectivity index (χ0) is 46.5. The zero-order valence-corrected chi connectivity index (χ0v) is 40.3. The first-order valence-corrected chi connectivity index (χ1v) is 25.5. The molecular formula is C50H95N3O9. The molecule has 0 saturated carbocycles. The molecule has 0 radical (unpaired) electrons. The maximum atomic E-state index is 13.1. The first kappa shape index (κ1) is 60.9. The third-order valence-electron chi connectivity index (χ3n) is 11.5. The lowest BCUT2D eigenvalue weighted by atomic mass is 10.0. The van der Waals surface area contributed by atoms with Gasteiger partial charge in [-0.15, -0.1) is 0 Å². The van der Waals surface area contributed by atoms with Gasteiger partial charge in [-0.25, -0.2) is 4.79 Å². The zero-order valence-electron chi connectivity index (χ0n) is 40.3. The van der Waals surface area contributed by atoms with Crippen molar-refractivity contribution in [1.29, 1.82) is 0 Å². The summed E-state index contributed by atoms with van der Waals surface area (Å²) in [5, 5.41) is 32.0. The third kappa shape index (κ3) is 42.1. The first-order valence-electron chi connectivity index (χ1n) is 25.5. The summed E-state index contributed by atoms with van der Waals surface area (Å²) in [6.45, 7) is 9.98.